The average Bonchev–Trinajstić information content (AvgIpc) is 2.69. The Morgan fingerprint density at radius 1 is 1.20 bits per heavy atom. The smallest absolute Gasteiger partial charge is 0.115 e. The number of hydrogen-bond acceptors (Lipinski definition) is 4. The molecule has 3 nitrogen and oxygen atoms in total. The van der Waals surface area contributed by atoms with Crippen LogP contribution in [0.2, 0.25) is 0 Å². The number of aromatic nitrogens is 1. The molecule has 15 heavy (non-hydrogen) atoms. The quantitative estimate of drug-likeness (QED) is 0.832. The molecule has 0 aliphatic carbocycles. The first kappa shape index (κ1) is 10.1. The molecule has 0 fully saturated rings. The van der Waals surface area contributed by atoms with E-state index in [9.17, 15) is 0 Å². The largest absolute Gasteiger partial charge is 0.508 e. The molecule has 0 saturated heterocycles. The lowest BCUT2D eigenvalue weighted by molar-refractivity contribution is 0.285. The fourth-order valence-corrected chi connectivity index (χ4v) is 2.11. The topological polar surface area (TPSA) is 53.4 Å². The molecule has 1 aromatic heterocycles. The fraction of sp³-hybridized carbons (Fsp3) is 0.182. The summed E-state index contributed by atoms with van der Waals surface area (Å²) in [5.74, 6) is 0.272. The molecule has 0 amide bonds. The summed E-state index contributed by atoms with van der Waals surface area (Å²) >= 11 is 1.51. The Balaban J connectivity index is 2.11. The van der Waals surface area contributed by atoms with Gasteiger partial charge >= 0.3 is 0 Å². The van der Waals surface area contributed by atoms with Gasteiger partial charge in [0.15, 0.2) is 0 Å². The van der Waals surface area contributed by atoms with E-state index in [2.05, 4.69) is 4.98 Å². The predicted molar refractivity (Wildman–Crippen MR) is 58.9 cm³/mol. The number of thiazole rings is 1. The number of phenols is 1. The SMILES string of the molecule is OCc1cnc(Cc2ccc(O)cc2)s1. The lowest BCUT2D eigenvalue weighted by Crippen LogP contribution is -1.85. The van der Waals surface area contributed by atoms with E-state index in [4.69, 9.17) is 10.2 Å². The lowest BCUT2D eigenvalue weighted by Gasteiger charge is -1.97. The van der Waals surface area contributed by atoms with Gasteiger partial charge in [-0.25, -0.2) is 4.98 Å². The van der Waals surface area contributed by atoms with Crippen LogP contribution in [-0.2, 0) is 13.0 Å². The fourth-order valence-electron chi connectivity index (χ4n) is 1.29. The Labute approximate surface area is 91.7 Å². The molecule has 0 saturated carbocycles. The Kier molecular flexibility index (Phi) is 2.99. The summed E-state index contributed by atoms with van der Waals surface area (Å²) in [5.41, 5.74) is 1.10. The summed E-state index contributed by atoms with van der Waals surface area (Å²) in [5, 5.41) is 19.0. The molecule has 0 radical (unpaired) electrons. The first-order chi connectivity index (χ1) is 7.28. The second-order valence-electron chi connectivity index (χ2n) is 3.22. The van der Waals surface area contributed by atoms with Crippen molar-refractivity contribution >= 4 is 11.3 Å². The summed E-state index contributed by atoms with van der Waals surface area (Å²) in [6, 6.07) is 7.07. The number of benzene rings is 1. The molecule has 0 bridgehead atoms. The number of aromatic hydroxyl groups is 1. The van der Waals surface area contributed by atoms with Crippen molar-refractivity contribution in [3.05, 3.63) is 45.9 Å². The van der Waals surface area contributed by atoms with Crippen molar-refractivity contribution in [1.82, 2.24) is 4.98 Å². The van der Waals surface area contributed by atoms with E-state index in [1.807, 2.05) is 12.1 Å². The molecule has 0 atom stereocenters. The van der Waals surface area contributed by atoms with Crippen molar-refractivity contribution in [2.75, 3.05) is 0 Å². The van der Waals surface area contributed by atoms with Gasteiger partial charge in [-0.3, -0.25) is 0 Å². The lowest BCUT2D eigenvalue weighted by atomic mass is 10.1. The van der Waals surface area contributed by atoms with E-state index in [-0.39, 0.29) is 12.4 Å². The second-order valence-corrected chi connectivity index (χ2v) is 4.42. The van der Waals surface area contributed by atoms with E-state index in [0.717, 1.165) is 21.9 Å². The van der Waals surface area contributed by atoms with Gasteiger partial charge in [-0.15, -0.1) is 11.3 Å². The zero-order valence-electron chi connectivity index (χ0n) is 8.05. The highest BCUT2D eigenvalue weighted by atomic mass is 32.1. The van der Waals surface area contributed by atoms with Gasteiger partial charge in [-0.05, 0) is 17.7 Å². The number of aliphatic hydroxyl groups is 1. The molecule has 0 aliphatic rings. The standard InChI is InChI=1S/C11H11NO2S/c13-7-10-6-12-11(15-10)5-8-1-3-9(14)4-2-8/h1-4,6,13-14H,5,7H2. The van der Waals surface area contributed by atoms with Crippen LogP contribution in [0, 0.1) is 0 Å². The Bertz CT molecular complexity index is 436. The molecule has 0 aliphatic heterocycles. The van der Waals surface area contributed by atoms with Crippen LogP contribution in [0.25, 0.3) is 0 Å². The molecule has 1 heterocycles. The van der Waals surface area contributed by atoms with E-state index in [0.29, 0.717) is 0 Å². The van der Waals surface area contributed by atoms with E-state index in [1.165, 1.54) is 11.3 Å². The highest BCUT2D eigenvalue weighted by Gasteiger charge is 2.02. The minimum atomic E-state index is 0.0489. The number of aliphatic hydroxyl groups excluding tert-OH is 1. The van der Waals surface area contributed by atoms with Gasteiger partial charge in [0.1, 0.15) is 5.75 Å². The monoisotopic (exact) mass is 221 g/mol. The third-order valence-corrected chi connectivity index (χ3v) is 3.03. The molecular formula is C11H11NO2S. The summed E-state index contributed by atoms with van der Waals surface area (Å²) in [6.45, 7) is 0.0489. The molecule has 2 N–H and O–H groups in total. The van der Waals surface area contributed by atoms with Gasteiger partial charge < -0.3 is 10.2 Å². The molecular weight excluding hydrogens is 210 g/mol. The minimum Gasteiger partial charge on any atom is -0.508 e. The third-order valence-electron chi connectivity index (χ3n) is 2.05. The molecule has 1 aromatic carbocycles. The Morgan fingerprint density at radius 3 is 2.53 bits per heavy atom. The normalized spacial score (nSPS) is 10.5. The number of phenolic OH excluding ortho intramolecular Hbond substituents is 1. The van der Waals surface area contributed by atoms with Crippen molar-refractivity contribution < 1.29 is 10.2 Å². The van der Waals surface area contributed by atoms with E-state index >= 15 is 0 Å². The number of rotatable bonds is 3. The van der Waals surface area contributed by atoms with Crippen LogP contribution in [0.15, 0.2) is 30.5 Å². The molecule has 2 aromatic rings. The van der Waals surface area contributed by atoms with E-state index < -0.39 is 0 Å². The summed E-state index contributed by atoms with van der Waals surface area (Å²) in [4.78, 5) is 5.08. The molecule has 0 unspecified atom stereocenters. The first-order valence-corrected chi connectivity index (χ1v) is 5.42. The Hall–Kier alpha value is -1.39. The predicted octanol–water partition coefficient (Wildman–Crippen LogP) is 1.93. The highest BCUT2D eigenvalue weighted by molar-refractivity contribution is 7.11. The third kappa shape index (κ3) is 2.55. The van der Waals surface area contributed by atoms with Crippen LogP contribution < -0.4 is 0 Å². The van der Waals surface area contributed by atoms with Crippen molar-refractivity contribution in [2.24, 2.45) is 0 Å². The summed E-state index contributed by atoms with van der Waals surface area (Å²) < 4.78 is 0. The van der Waals surface area contributed by atoms with E-state index in [1.54, 1.807) is 18.3 Å². The van der Waals surface area contributed by atoms with Crippen LogP contribution in [0.5, 0.6) is 5.75 Å². The van der Waals surface area contributed by atoms with Crippen molar-refractivity contribution in [2.45, 2.75) is 13.0 Å². The zero-order chi connectivity index (χ0) is 10.7. The second kappa shape index (κ2) is 4.42. The van der Waals surface area contributed by atoms with Crippen LogP contribution in [-0.4, -0.2) is 15.2 Å². The van der Waals surface area contributed by atoms with Gasteiger partial charge in [-0.1, -0.05) is 12.1 Å². The molecule has 78 valence electrons. The highest BCUT2D eigenvalue weighted by Crippen LogP contribution is 2.18. The summed E-state index contributed by atoms with van der Waals surface area (Å²) in [7, 11) is 0. The first-order valence-electron chi connectivity index (χ1n) is 4.60. The molecule has 2 rings (SSSR count). The van der Waals surface area contributed by atoms with Crippen molar-refractivity contribution in [3.63, 3.8) is 0 Å². The van der Waals surface area contributed by atoms with Gasteiger partial charge in [0.05, 0.1) is 16.5 Å². The number of hydrogen-bond donors (Lipinski definition) is 2. The average molecular weight is 221 g/mol. The van der Waals surface area contributed by atoms with Gasteiger partial charge in [0.2, 0.25) is 0 Å². The number of nitrogens with zero attached hydrogens (tertiary/aromatic N) is 1. The van der Waals surface area contributed by atoms with Crippen molar-refractivity contribution in [3.8, 4) is 5.75 Å². The maximum Gasteiger partial charge on any atom is 0.115 e. The minimum absolute atomic E-state index is 0.0489. The van der Waals surface area contributed by atoms with Crippen LogP contribution in [0.4, 0.5) is 0 Å². The molecule has 4 heteroatoms. The zero-order valence-corrected chi connectivity index (χ0v) is 8.87. The van der Waals surface area contributed by atoms with Gasteiger partial charge in [-0.2, -0.15) is 0 Å². The maximum absolute atomic E-state index is 9.12. The van der Waals surface area contributed by atoms with Gasteiger partial charge in [0, 0.05) is 12.6 Å². The van der Waals surface area contributed by atoms with Crippen LogP contribution in [0.3, 0.4) is 0 Å². The van der Waals surface area contributed by atoms with Crippen LogP contribution >= 0.6 is 11.3 Å². The van der Waals surface area contributed by atoms with Gasteiger partial charge in [0.25, 0.3) is 0 Å². The Morgan fingerprint density at radius 2 is 1.93 bits per heavy atom. The maximum atomic E-state index is 9.12. The van der Waals surface area contributed by atoms with Crippen LogP contribution in [0.1, 0.15) is 15.4 Å². The van der Waals surface area contributed by atoms with Crippen molar-refractivity contribution in [1.29, 1.82) is 0 Å². The summed E-state index contributed by atoms with van der Waals surface area (Å²) in [6.07, 6.45) is 2.44. The molecule has 0 spiro atoms.